The van der Waals surface area contributed by atoms with Gasteiger partial charge in [0.2, 0.25) is 5.88 Å². The number of aromatic amines is 1. The number of imidazole rings is 1. The van der Waals surface area contributed by atoms with Crippen LogP contribution in [-0.4, -0.2) is 34.3 Å². The molecule has 3 heterocycles. The smallest absolute Gasteiger partial charge is 0.215 e. The lowest BCUT2D eigenvalue weighted by Crippen LogP contribution is -2.09. The lowest BCUT2D eigenvalue weighted by Gasteiger charge is -2.05. The van der Waals surface area contributed by atoms with Gasteiger partial charge in [-0.2, -0.15) is 4.98 Å². The van der Waals surface area contributed by atoms with E-state index in [0.717, 1.165) is 37.2 Å². The molecule has 1 aliphatic heterocycles. The summed E-state index contributed by atoms with van der Waals surface area (Å²) in [5.41, 5.74) is 1.67. The third kappa shape index (κ3) is 2.31. The van der Waals surface area contributed by atoms with Gasteiger partial charge >= 0.3 is 0 Å². The van der Waals surface area contributed by atoms with Crippen LogP contribution in [0.2, 0.25) is 0 Å². The van der Waals surface area contributed by atoms with Gasteiger partial charge in [0.1, 0.15) is 5.82 Å². The first-order chi connectivity index (χ1) is 8.85. The summed E-state index contributed by atoms with van der Waals surface area (Å²) in [6, 6.07) is 3.82. The van der Waals surface area contributed by atoms with Crippen molar-refractivity contribution in [3.8, 4) is 5.88 Å². The van der Waals surface area contributed by atoms with Gasteiger partial charge in [-0.15, -0.1) is 0 Å². The number of nitrogens with zero attached hydrogens (tertiary/aromatic N) is 2. The van der Waals surface area contributed by atoms with E-state index >= 15 is 0 Å². The monoisotopic (exact) mass is 247 g/mol. The molecule has 0 aromatic carbocycles. The van der Waals surface area contributed by atoms with Gasteiger partial charge in [-0.1, -0.05) is 0 Å². The van der Waals surface area contributed by atoms with E-state index in [9.17, 15) is 0 Å². The average Bonchev–Trinajstić information content (AvgIpc) is 2.98. The number of pyridine rings is 1. The van der Waals surface area contributed by atoms with Crippen LogP contribution < -0.4 is 4.74 Å². The quantitative estimate of drug-likeness (QED) is 0.898. The third-order valence-electron chi connectivity index (χ3n) is 3.11. The predicted octanol–water partition coefficient (Wildman–Crippen LogP) is 2.08. The molecule has 5 heteroatoms. The van der Waals surface area contributed by atoms with Gasteiger partial charge in [0, 0.05) is 19.1 Å². The molecule has 0 aliphatic carbocycles. The second kappa shape index (κ2) is 4.94. The van der Waals surface area contributed by atoms with Crippen molar-refractivity contribution >= 4 is 11.2 Å². The normalized spacial score (nSPS) is 19.5. The first-order valence-corrected chi connectivity index (χ1v) is 6.45. The van der Waals surface area contributed by atoms with Crippen molar-refractivity contribution in [2.24, 2.45) is 0 Å². The molecule has 1 N–H and O–H groups in total. The van der Waals surface area contributed by atoms with Crippen LogP contribution in [0.1, 0.15) is 25.6 Å². The molecule has 96 valence electrons. The summed E-state index contributed by atoms with van der Waals surface area (Å²) in [5, 5.41) is 0. The minimum atomic E-state index is 0.303. The molecular weight excluding hydrogens is 230 g/mol. The van der Waals surface area contributed by atoms with Crippen LogP contribution in [0, 0.1) is 0 Å². The molecule has 1 saturated heterocycles. The Bertz CT molecular complexity index is 532. The Hall–Kier alpha value is -1.62. The molecule has 1 unspecified atom stereocenters. The van der Waals surface area contributed by atoms with Crippen LogP contribution in [0.5, 0.6) is 5.88 Å². The summed E-state index contributed by atoms with van der Waals surface area (Å²) in [4.78, 5) is 12.1. The Morgan fingerprint density at radius 2 is 2.39 bits per heavy atom. The Labute approximate surface area is 106 Å². The van der Waals surface area contributed by atoms with Crippen molar-refractivity contribution in [3.63, 3.8) is 0 Å². The van der Waals surface area contributed by atoms with E-state index in [-0.39, 0.29) is 0 Å². The Kier molecular flexibility index (Phi) is 3.15. The molecule has 1 fully saturated rings. The molecular formula is C13H17N3O2. The average molecular weight is 247 g/mol. The van der Waals surface area contributed by atoms with E-state index < -0.39 is 0 Å². The van der Waals surface area contributed by atoms with Crippen molar-refractivity contribution in [3.05, 3.63) is 18.0 Å². The maximum Gasteiger partial charge on any atom is 0.215 e. The first-order valence-electron chi connectivity index (χ1n) is 6.45. The third-order valence-corrected chi connectivity index (χ3v) is 3.11. The lowest BCUT2D eigenvalue weighted by molar-refractivity contribution is 0.110. The second-order valence-corrected chi connectivity index (χ2v) is 4.48. The number of fused-ring (bicyclic) bond motifs is 1. The van der Waals surface area contributed by atoms with Gasteiger partial charge in [-0.3, -0.25) is 0 Å². The summed E-state index contributed by atoms with van der Waals surface area (Å²) >= 11 is 0. The fourth-order valence-corrected chi connectivity index (χ4v) is 2.27. The molecule has 0 saturated carbocycles. The summed E-state index contributed by atoms with van der Waals surface area (Å²) in [5.74, 6) is 1.57. The number of hydrogen-bond donors (Lipinski definition) is 1. The van der Waals surface area contributed by atoms with Gasteiger partial charge in [0.05, 0.1) is 18.2 Å². The SMILES string of the molecule is CCOc1ccc2[nH]c(CC3CCCO3)nc2n1. The summed E-state index contributed by atoms with van der Waals surface area (Å²) < 4.78 is 11.0. The van der Waals surface area contributed by atoms with Crippen molar-refractivity contribution in [1.82, 2.24) is 15.0 Å². The van der Waals surface area contributed by atoms with Gasteiger partial charge in [-0.05, 0) is 25.8 Å². The molecule has 2 aromatic heterocycles. The van der Waals surface area contributed by atoms with E-state index in [1.54, 1.807) is 0 Å². The highest BCUT2D eigenvalue weighted by Gasteiger charge is 2.18. The van der Waals surface area contributed by atoms with Crippen LogP contribution in [0.3, 0.4) is 0 Å². The van der Waals surface area contributed by atoms with Gasteiger partial charge in [0.25, 0.3) is 0 Å². The van der Waals surface area contributed by atoms with E-state index in [2.05, 4.69) is 15.0 Å². The molecule has 0 spiro atoms. The largest absolute Gasteiger partial charge is 0.478 e. The standard InChI is InChI=1S/C13H17N3O2/c1-2-17-12-6-5-10-13(16-12)15-11(14-10)8-9-4-3-7-18-9/h5-6,9H,2-4,7-8H2,1H3,(H,14,15,16). The number of aromatic nitrogens is 3. The fraction of sp³-hybridized carbons (Fsp3) is 0.538. The highest BCUT2D eigenvalue weighted by Crippen LogP contribution is 2.19. The van der Waals surface area contributed by atoms with E-state index in [1.807, 2.05) is 19.1 Å². The molecule has 18 heavy (non-hydrogen) atoms. The maximum absolute atomic E-state index is 5.61. The highest BCUT2D eigenvalue weighted by atomic mass is 16.5. The number of rotatable bonds is 4. The first kappa shape index (κ1) is 11.5. The predicted molar refractivity (Wildman–Crippen MR) is 67.7 cm³/mol. The van der Waals surface area contributed by atoms with E-state index in [1.165, 1.54) is 0 Å². The zero-order valence-electron chi connectivity index (χ0n) is 10.5. The van der Waals surface area contributed by atoms with Crippen molar-refractivity contribution in [1.29, 1.82) is 0 Å². The molecule has 1 aliphatic rings. The highest BCUT2D eigenvalue weighted by molar-refractivity contribution is 5.71. The van der Waals surface area contributed by atoms with Crippen molar-refractivity contribution in [2.75, 3.05) is 13.2 Å². The molecule has 5 nitrogen and oxygen atoms in total. The number of nitrogens with one attached hydrogen (secondary N) is 1. The number of hydrogen-bond acceptors (Lipinski definition) is 4. The van der Waals surface area contributed by atoms with Crippen molar-refractivity contribution in [2.45, 2.75) is 32.3 Å². The molecule has 0 amide bonds. The Morgan fingerprint density at radius 1 is 1.44 bits per heavy atom. The molecule has 0 bridgehead atoms. The van der Waals surface area contributed by atoms with E-state index in [0.29, 0.717) is 24.2 Å². The zero-order valence-corrected chi connectivity index (χ0v) is 10.5. The molecule has 0 radical (unpaired) electrons. The second-order valence-electron chi connectivity index (χ2n) is 4.48. The summed E-state index contributed by atoms with van der Waals surface area (Å²) in [7, 11) is 0. The van der Waals surface area contributed by atoms with Gasteiger partial charge in [0.15, 0.2) is 5.65 Å². The minimum absolute atomic E-state index is 0.303. The lowest BCUT2D eigenvalue weighted by atomic mass is 10.2. The zero-order chi connectivity index (χ0) is 12.4. The van der Waals surface area contributed by atoms with Crippen LogP contribution in [0.15, 0.2) is 12.1 Å². The molecule has 2 aromatic rings. The van der Waals surface area contributed by atoms with Crippen LogP contribution in [-0.2, 0) is 11.2 Å². The van der Waals surface area contributed by atoms with Crippen LogP contribution in [0.25, 0.3) is 11.2 Å². The van der Waals surface area contributed by atoms with Crippen molar-refractivity contribution < 1.29 is 9.47 Å². The molecule has 1 atom stereocenters. The topological polar surface area (TPSA) is 60.0 Å². The van der Waals surface area contributed by atoms with E-state index in [4.69, 9.17) is 9.47 Å². The number of ether oxygens (including phenoxy) is 2. The maximum atomic E-state index is 5.61. The molecule has 3 rings (SSSR count). The Balaban J connectivity index is 1.81. The Morgan fingerprint density at radius 3 is 3.17 bits per heavy atom. The van der Waals surface area contributed by atoms with Crippen LogP contribution in [0.4, 0.5) is 0 Å². The van der Waals surface area contributed by atoms with Gasteiger partial charge in [-0.25, -0.2) is 4.98 Å². The van der Waals surface area contributed by atoms with Crippen LogP contribution >= 0.6 is 0 Å². The number of H-pyrrole nitrogens is 1. The fourth-order valence-electron chi connectivity index (χ4n) is 2.27. The minimum Gasteiger partial charge on any atom is -0.478 e. The summed E-state index contributed by atoms with van der Waals surface area (Å²) in [6.45, 7) is 3.43. The van der Waals surface area contributed by atoms with Gasteiger partial charge < -0.3 is 14.5 Å². The summed E-state index contributed by atoms with van der Waals surface area (Å²) in [6.07, 6.45) is 3.41.